The zero-order chi connectivity index (χ0) is 15.2. The number of nitrogens with zero attached hydrogens (tertiary/aromatic N) is 2. The van der Waals surface area contributed by atoms with E-state index in [0.29, 0.717) is 18.6 Å². The number of hydrogen-bond acceptors (Lipinski definition) is 4. The second-order valence-electron chi connectivity index (χ2n) is 6.18. The van der Waals surface area contributed by atoms with E-state index >= 15 is 0 Å². The predicted molar refractivity (Wildman–Crippen MR) is 87.6 cm³/mol. The Morgan fingerprint density at radius 1 is 1.24 bits per heavy atom. The Kier molecular flexibility index (Phi) is 6.03. The Morgan fingerprint density at radius 2 is 1.95 bits per heavy atom. The van der Waals surface area contributed by atoms with Gasteiger partial charge in [0, 0.05) is 38.3 Å². The van der Waals surface area contributed by atoms with Crippen molar-refractivity contribution in [3.63, 3.8) is 0 Å². The third-order valence-electron chi connectivity index (χ3n) is 4.46. The lowest BCUT2D eigenvalue weighted by atomic mass is 10.1. The first kappa shape index (κ1) is 16.3. The van der Waals surface area contributed by atoms with Crippen LogP contribution in [-0.2, 0) is 6.54 Å². The van der Waals surface area contributed by atoms with Gasteiger partial charge in [-0.25, -0.2) is 0 Å². The van der Waals surface area contributed by atoms with E-state index in [1.807, 2.05) is 24.3 Å². The molecule has 1 aromatic carbocycles. The summed E-state index contributed by atoms with van der Waals surface area (Å²) in [7, 11) is 2.22. The van der Waals surface area contributed by atoms with Crippen molar-refractivity contribution in [2.24, 2.45) is 5.73 Å². The highest BCUT2D eigenvalue weighted by Gasteiger charge is 2.25. The van der Waals surface area contributed by atoms with Gasteiger partial charge in [-0.15, -0.1) is 0 Å². The molecule has 0 spiro atoms. The molecule has 2 rings (SSSR count). The average Bonchev–Trinajstić information content (AvgIpc) is 2.49. The van der Waals surface area contributed by atoms with Gasteiger partial charge in [0.15, 0.2) is 0 Å². The molecule has 0 aliphatic carbocycles. The fourth-order valence-corrected chi connectivity index (χ4v) is 2.94. The Bertz CT molecular complexity index is 426. The minimum absolute atomic E-state index is 0.564. The summed E-state index contributed by atoms with van der Waals surface area (Å²) >= 11 is 0. The monoisotopic (exact) mass is 291 g/mol. The van der Waals surface area contributed by atoms with Crippen LogP contribution >= 0.6 is 0 Å². The highest BCUT2D eigenvalue weighted by molar-refractivity contribution is 5.28. The molecule has 0 bridgehead atoms. The van der Waals surface area contributed by atoms with Crippen LogP contribution in [0.5, 0.6) is 5.75 Å². The summed E-state index contributed by atoms with van der Waals surface area (Å²) in [6, 6.07) is 9.33. The molecule has 0 saturated carbocycles. The van der Waals surface area contributed by atoms with Crippen LogP contribution in [0.2, 0.25) is 0 Å². The quantitative estimate of drug-likeness (QED) is 0.813. The first-order valence-corrected chi connectivity index (χ1v) is 7.96. The lowest BCUT2D eigenvalue weighted by Gasteiger charge is -2.42. The third-order valence-corrected chi connectivity index (χ3v) is 4.46. The van der Waals surface area contributed by atoms with Crippen LogP contribution in [0.1, 0.15) is 25.8 Å². The number of hydrogen-bond donors (Lipinski definition) is 1. The van der Waals surface area contributed by atoms with Gasteiger partial charge in [0.05, 0.1) is 6.61 Å². The predicted octanol–water partition coefficient (Wildman–Crippen LogP) is 1.94. The standard InChI is InChI=1S/C17H29N3O/c1-14-12-20(13-15(2)19(14)3)8-5-9-21-17-7-4-6-16(10-17)11-18/h4,6-7,10,14-15H,5,8-9,11-13,18H2,1-3H3. The minimum atomic E-state index is 0.564. The highest BCUT2D eigenvalue weighted by atomic mass is 16.5. The minimum Gasteiger partial charge on any atom is -0.494 e. The summed E-state index contributed by atoms with van der Waals surface area (Å²) in [6.45, 7) is 9.36. The van der Waals surface area contributed by atoms with Crippen molar-refractivity contribution >= 4 is 0 Å². The van der Waals surface area contributed by atoms with Crippen LogP contribution in [0.4, 0.5) is 0 Å². The molecule has 1 saturated heterocycles. The van der Waals surface area contributed by atoms with Gasteiger partial charge in [-0.1, -0.05) is 12.1 Å². The molecule has 1 aliphatic rings. The summed E-state index contributed by atoms with van der Waals surface area (Å²) in [6.07, 6.45) is 1.07. The summed E-state index contributed by atoms with van der Waals surface area (Å²) < 4.78 is 5.82. The van der Waals surface area contributed by atoms with E-state index in [4.69, 9.17) is 10.5 Å². The first-order chi connectivity index (χ1) is 10.1. The summed E-state index contributed by atoms with van der Waals surface area (Å²) in [5.41, 5.74) is 6.76. The number of ether oxygens (including phenoxy) is 1. The van der Waals surface area contributed by atoms with Gasteiger partial charge in [-0.3, -0.25) is 4.90 Å². The van der Waals surface area contributed by atoms with E-state index in [0.717, 1.165) is 44.0 Å². The molecular weight excluding hydrogens is 262 g/mol. The molecular formula is C17H29N3O. The number of benzene rings is 1. The SMILES string of the molecule is CC1CN(CCCOc2cccc(CN)c2)CC(C)N1C. The van der Waals surface area contributed by atoms with Gasteiger partial charge in [0.25, 0.3) is 0 Å². The fourth-order valence-electron chi connectivity index (χ4n) is 2.94. The van der Waals surface area contributed by atoms with Crippen LogP contribution in [0.3, 0.4) is 0 Å². The van der Waals surface area contributed by atoms with Crippen molar-refractivity contribution < 1.29 is 4.74 Å². The molecule has 1 aromatic rings. The fraction of sp³-hybridized carbons (Fsp3) is 0.647. The van der Waals surface area contributed by atoms with Crippen molar-refractivity contribution in [1.82, 2.24) is 9.80 Å². The van der Waals surface area contributed by atoms with Crippen molar-refractivity contribution in [1.29, 1.82) is 0 Å². The van der Waals surface area contributed by atoms with Gasteiger partial charge in [-0.2, -0.15) is 0 Å². The number of likely N-dealkylation sites (N-methyl/N-ethyl adjacent to an activating group) is 1. The molecule has 21 heavy (non-hydrogen) atoms. The maximum atomic E-state index is 5.82. The summed E-state index contributed by atoms with van der Waals surface area (Å²) in [5, 5.41) is 0. The van der Waals surface area contributed by atoms with E-state index in [1.54, 1.807) is 0 Å². The molecule has 1 fully saturated rings. The van der Waals surface area contributed by atoms with Crippen LogP contribution in [-0.4, -0.2) is 55.2 Å². The van der Waals surface area contributed by atoms with Crippen molar-refractivity contribution in [3.8, 4) is 5.75 Å². The molecule has 1 aliphatic heterocycles. The van der Waals surface area contributed by atoms with Gasteiger partial charge >= 0.3 is 0 Å². The Morgan fingerprint density at radius 3 is 2.62 bits per heavy atom. The van der Waals surface area contributed by atoms with Gasteiger partial charge in [0.1, 0.15) is 5.75 Å². The topological polar surface area (TPSA) is 41.7 Å². The Labute approximate surface area is 128 Å². The maximum Gasteiger partial charge on any atom is 0.119 e. The molecule has 4 nitrogen and oxygen atoms in total. The van der Waals surface area contributed by atoms with E-state index in [2.05, 4.69) is 30.7 Å². The maximum absolute atomic E-state index is 5.82. The third kappa shape index (κ3) is 4.70. The van der Waals surface area contributed by atoms with Crippen molar-refractivity contribution in [2.75, 3.05) is 33.3 Å². The normalized spacial score (nSPS) is 24.2. The van der Waals surface area contributed by atoms with E-state index in [9.17, 15) is 0 Å². The molecule has 2 unspecified atom stereocenters. The van der Waals surface area contributed by atoms with Crippen molar-refractivity contribution in [2.45, 2.75) is 38.9 Å². The molecule has 0 amide bonds. The van der Waals surface area contributed by atoms with E-state index in [-0.39, 0.29) is 0 Å². The van der Waals surface area contributed by atoms with Crippen LogP contribution < -0.4 is 10.5 Å². The lowest BCUT2D eigenvalue weighted by Crippen LogP contribution is -2.55. The second-order valence-corrected chi connectivity index (χ2v) is 6.18. The molecule has 2 atom stereocenters. The van der Waals surface area contributed by atoms with E-state index in [1.165, 1.54) is 0 Å². The lowest BCUT2D eigenvalue weighted by molar-refractivity contribution is 0.0571. The van der Waals surface area contributed by atoms with Gasteiger partial charge in [-0.05, 0) is 45.0 Å². The van der Waals surface area contributed by atoms with Crippen molar-refractivity contribution in [3.05, 3.63) is 29.8 Å². The second kappa shape index (κ2) is 7.78. The zero-order valence-corrected chi connectivity index (χ0v) is 13.6. The summed E-state index contributed by atoms with van der Waals surface area (Å²) in [5.74, 6) is 0.929. The molecule has 1 heterocycles. The average molecular weight is 291 g/mol. The molecule has 118 valence electrons. The van der Waals surface area contributed by atoms with Crippen LogP contribution in [0, 0.1) is 0 Å². The zero-order valence-electron chi connectivity index (χ0n) is 13.6. The van der Waals surface area contributed by atoms with Gasteiger partial charge in [0.2, 0.25) is 0 Å². The molecule has 0 radical (unpaired) electrons. The number of piperazine rings is 1. The van der Waals surface area contributed by atoms with Gasteiger partial charge < -0.3 is 15.4 Å². The molecule has 0 aromatic heterocycles. The molecule has 4 heteroatoms. The van der Waals surface area contributed by atoms with Crippen LogP contribution in [0.25, 0.3) is 0 Å². The largest absolute Gasteiger partial charge is 0.494 e. The number of nitrogens with two attached hydrogens (primary N) is 1. The smallest absolute Gasteiger partial charge is 0.119 e. The first-order valence-electron chi connectivity index (χ1n) is 7.96. The van der Waals surface area contributed by atoms with E-state index < -0.39 is 0 Å². The Balaban J connectivity index is 1.70. The number of rotatable bonds is 6. The Hall–Kier alpha value is -1.10. The van der Waals surface area contributed by atoms with Crippen LogP contribution in [0.15, 0.2) is 24.3 Å². The summed E-state index contributed by atoms with van der Waals surface area (Å²) in [4.78, 5) is 5.01. The molecule has 2 N–H and O–H groups in total. The highest BCUT2D eigenvalue weighted by Crippen LogP contribution is 2.15.